The van der Waals surface area contributed by atoms with Crippen molar-refractivity contribution >= 4 is 40.3 Å². The van der Waals surface area contributed by atoms with Crippen LogP contribution in [0.25, 0.3) is 0 Å². The predicted molar refractivity (Wildman–Crippen MR) is 178 cm³/mol. The molecule has 1 amide bonds. The molecule has 1 unspecified atom stereocenters. The molecule has 0 aromatic heterocycles. The quantitative estimate of drug-likeness (QED) is 0.213. The van der Waals surface area contributed by atoms with Crippen LogP contribution in [-0.4, -0.2) is 66.9 Å². The number of rotatable bonds is 10. The van der Waals surface area contributed by atoms with Crippen LogP contribution in [0.5, 0.6) is 5.75 Å². The molecule has 0 bridgehead atoms. The number of likely N-dealkylation sites (tertiary alicyclic amines) is 1. The number of halogens is 2. The highest BCUT2D eigenvalue weighted by Gasteiger charge is 2.28. The number of piperidine rings is 1. The first kappa shape index (κ1) is 32.2. The van der Waals surface area contributed by atoms with Crippen molar-refractivity contribution in [1.29, 1.82) is 0 Å². The minimum absolute atomic E-state index is 0.0369. The van der Waals surface area contributed by atoms with Crippen LogP contribution in [0, 0.1) is 0 Å². The topological polar surface area (TPSA) is 55.8 Å². The standard InChI is InChI=1S/C35H42Cl2N2O3S/c1-38(35(40)31-22-28(42-2)20-26-8-4-5-9-29(26)31)23-27(25-12-13-32(36)33(37)21-25)16-19-39-17-14-24(15-18-39)30-10-6-7-11-34(30)43(3)41/h6-7,10-13,20-22,24,27H,4-5,8-9,14-19,23H2,1-3H3/t27-,43?/m1/s1. The van der Waals surface area contributed by atoms with Crippen molar-refractivity contribution < 1.29 is 14.1 Å². The maximum absolute atomic E-state index is 13.9. The summed E-state index contributed by atoms with van der Waals surface area (Å²) in [5.41, 5.74) is 5.50. The zero-order valence-corrected chi connectivity index (χ0v) is 27.7. The van der Waals surface area contributed by atoms with Gasteiger partial charge in [0.1, 0.15) is 12.0 Å². The van der Waals surface area contributed by atoms with E-state index in [1.807, 2.05) is 48.3 Å². The van der Waals surface area contributed by atoms with E-state index in [0.29, 0.717) is 22.5 Å². The molecule has 230 valence electrons. The Kier molecular flexibility index (Phi) is 11.0. The van der Waals surface area contributed by atoms with E-state index in [-0.39, 0.29) is 11.8 Å². The van der Waals surface area contributed by atoms with Gasteiger partial charge in [-0.15, -0.1) is 0 Å². The molecule has 2 atom stereocenters. The number of likely N-dealkylation sites (N-methyl/N-ethyl adjacent to an activating group) is 1. The van der Waals surface area contributed by atoms with Crippen molar-refractivity contribution in [2.45, 2.75) is 61.7 Å². The minimum Gasteiger partial charge on any atom is -0.612 e. The van der Waals surface area contributed by atoms with E-state index in [2.05, 4.69) is 23.1 Å². The Labute approximate surface area is 269 Å². The van der Waals surface area contributed by atoms with Crippen LogP contribution in [0.15, 0.2) is 59.5 Å². The molecule has 1 heterocycles. The van der Waals surface area contributed by atoms with Gasteiger partial charge in [0.15, 0.2) is 4.90 Å². The third-order valence-electron chi connectivity index (χ3n) is 9.21. The summed E-state index contributed by atoms with van der Waals surface area (Å²) in [6.07, 6.45) is 8.92. The SMILES string of the molecule is COc1cc2c(c(C(=O)N(C)C[C@@H](CCN3CCC(c4ccccc4[S+](C)[O-])CC3)c3ccc(Cl)c(Cl)c3)c1)CCCC2. The van der Waals surface area contributed by atoms with Gasteiger partial charge in [-0.2, -0.15) is 0 Å². The Hall–Kier alpha value is -2.22. The third-order valence-corrected chi connectivity index (χ3v) is 10.9. The number of benzene rings is 3. The van der Waals surface area contributed by atoms with Gasteiger partial charge in [-0.05, 0) is 129 Å². The van der Waals surface area contributed by atoms with Gasteiger partial charge < -0.3 is 19.1 Å². The Morgan fingerprint density at radius 2 is 1.81 bits per heavy atom. The molecular weight excluding hydrogens is 599 g/mol. The van der Waals surface area contributed by atoms with E-state index in [1.165, 1.54) is 16.7 Å². The summed E-state index contributed by atoms with van der Waals surface area (Å²) >= 11 is 11.8. The molecule has 0 radical (unpaired) electrons. The molecule has 1 aliphatic carbocycles. The summed E-state index contributed by atoms with van der Waals surface area (Å²) in [4.78, 5) is 19.3. The second-order valence-corrected chi connectivity index (χ2v) is 14.1. The number of carbonyl (C=O) groups is 1. The predicted octanol–water partition coefficient (Wildman–Crippen LogP) is 7.74. The van der Waals surface area contributed by atoms with Crippen LogP contribution in [0.2, 0.25) is 10.0 Å². The van der Waals surface area contributed by atoms with Crippen molar-refractivity contribution in [2.75, 3.05) is 46.6 Å². The fourth-order valence-electron chi connectivity index (χ4n) is 6.78. The molecule has 5 nitrogen and oxygen atoms in total. The number of ether oxygens (including phenoxy) is 1. The second-order valence-electron chi connectivity index (χ2n) is 12.0. The zero-order valence-electron chi connectivity index (χ0n) is 25.4. The summed E-state index contributed by atoms with van der Waals surface area (Å²) in [6, 6.07) is 18.0. The number of aryl methyl sites for hydroxylation is 1. The number of fused-ring (bicyclic) bond motifs is 1. The number of nitrogens with zero attached hydrogens (tertiary/aromatic N) is 2. The molecule has 0 saturated carbocycles. The lowest BCUT2D eigenvalue weighted by atomic mass is 9.87. The lowest BCUT2D eigenvalue weighted by Gasteiger charge is -2.34. The molecule has 1 fully saturated rings. The third kappa shape index (κ3) is 7.72. The number of hydrogen-bond donors (Lipinski definition) is 0. The summed E-state index contributed by atoms with van der Waals surface area (Å²) in [5.74, 6) is 1.32. The Morgan fingerprint density at radius 3 is 2.53 bits per heavy atom. The van der Waals surface area contributed by atoms with E-state index in [0.717, 1.165) is 86.4 Å². The van der Waals surface area contributed by atoms with Gasteiger partial charge in [-0.1, -0.05) is 47.5 Å². The van der Waals surface area contributed by atoms with E-state index in [1.54, 1.807) is 13.4 Å². The van der Waals surface area contributed by atoms with E-state index < -0.39 is 11.2 Å². The molecule has 5 rings (SSSR count). The molecule has 0 spiro atoms. The van der Waals surface area contributed by atoms with Gasteiger partial charge in [-0.3, -0.25) is 4.79 Å². The Morgan fingerprint density at radius 1 is 1.07 bits per heavy atom. The number of hydrogen-bond acceptors (Lipinski definition) is 4. The van der Waals surface area contributed by atoms with Crippen LogP contribution in [-0.2, 0) is 24.0 Å². The van der Waals surface area contributed by atoms with Gasteiger partial charge in [0.25, 0.3) is 5.91 Å². The van der Waals surface area contributed by atoms with Gasteiger partial charge in [0.2, 0.25) is 0 Å². The second kappa shape index (κ2) is 14.7. The molecule has 1 saturated heterocycles. The molecular formula is C35H42Cl2N2O3S. The molecule has 0 N–H and O–H groups in total. The van der Waals surface area contributed by atoms with Crippen molar-refractivity contribution in [2.24, 2.45) is 0 Å². The molecule has 8 heteroatoms. The summed E-state index contributed by atoms with van der Waals surface area (Å²) in [5, 5.41) is 1.07. The summed E-state index contributed by atoms with van der Waals surface area (Å²) in [7, 11) is 3.57. The smallest absolute Gasteiger partial charge is 0.254 e. The lowest BCUT2D eigenvalue weighted by molar-refractivity contribution is 0.0780. The number of amides is 1. The van der Waals surface area contributed by atoms with Crippen LogP contribution in [0.3, 0.4) is 0 Å². The average molecular weight is 642 g/mol. The summed E-state index contributed by atoms with van der Waals surface area (Å²) in [6.45, 7) is 3.49. The summed E-state index contributed by atoms with van der Waals surface area (Å²) < 4.78 is 17.9. The highest BCUT2D eigenvalue weighted by atomic mass is 35.5. The molecule has 43 heavy (non-hydrogen) atoms. The molecule has 1 aliphatic heterocycles. The fraction of sp³-hybridized carbons (Fsp3) is 0.457. The van der Waals surface area contributed by atoms with Crippen LogP contribution < -0.4 is 4.74 Å². The number of carbonyl (C=O) groups excluding carboxylic acids is 1. The normalized spacial score (nSPS) is 17.3. The van der Waals surface area contributed by atoms with E-state index in [9.17, 15) is 9.35 Å². The number of methoxy groups -OCH3 is 1. The maximum Gasteiger partial charge on any atom is 0.254 e. The molecule has 3 aromatic carbocycles. The largest absolute Gasteiger partial charge is 0.612 e. The zero-order chi connectivity index (χ0) is 30.5. The van der Waals surface area contributed by atoms with Crippen molar-refractivity contribution in [3.05, 3.63) is 92.5 Å². The van der Waals surface area contributed by atoms with Gasteiger partial charge >= 0.3 is 0 Å². The lowest BCUT2D eigenvalue weighted by Crippen LogP contribution is -2.36. The highest BCUT2D eigenvalue weighted by Crippen LogP contribution is 2.35. The first-order valence-corrected chi connectivity index (χ1v) is 17.6. The van der Waals surface area contributed by atoms with Crippen LogP contribution in [0.4, 0.5) is 0 Å². The van der Waals surface area contributed by atoms with Gasteiger partial charge in [0, 0.05) is 30.6 Å². The van der Waals surface area contributed by atoms with Crippen molar-refractivity contribution in [1.82, 2.24) is 9.80 Å². The average Bonchev–Trinajstić information content (AvgIpc) is 3.03. The fourth-order valence-corrected chi connectivity index (χ4v) is 7.92. The van der Waals surface area contributed by atoms with E-state index in [4.69, 9.17) is 27.9 Å². The Balaban J connectivity index is 1.29. The van der Waals surface area contributed by atoms with Crippen LogP contribution >= 0.6 is 23.2 Å². The van der Waals surface area contributed by atoms with Crippen molar-refractivity contribution in [3.63, 3.8) is 0 Å². The van der Waals surface area contributed by atoms with Gasteiger partial charge in [0.05, 0.1) is 17.2 Å². The minimum atomic E-state index is -0.985. The monoisotopic (exact) mass is 640 g/mol. The van der Waals surface area contributed by atoms with Crippen molar-refractivity contribution in [3.8, 4) is 5.75 Å². The first-order valence-electron chi connectivity index (χ1n) is 15.3. The highest BCUT2D eigenvalue weighted by molar-refractivity contribution is 7.90. The van der Waals surface area contributed by atoms with Gasteiger partial charge in [-0.25, -0.2) is 0 Å². The maximum atomic E-state index is 13.9. The Bertz CT molecular complexity index is 1420. The molecule has 2 aliphatic rings. The molecule has 3 aromatic rings. The first-order chi connectivity index (χ1) is 20.7. The van der Waals surface area contributed by atoms with E-state index >= 15 is 0 Å². The van der Waals surface area contributed by atoms with Crippen LogP contribution in [0.1, 0.15) is 76.6 Å².